The number of thiazole rings is 1. The first-order valence-electron chi connectivity index (χ1n) is 9.74. The van der Waals surface area contributed by atoms with Crippen LogP contribution in [0.4, 0.5) is 5.13 Å². The molecule has 3 heterocycles. The van der Waals surface area contributed by atoms with E-state index in [2.05, 4.69) is 27.1 Å². The molecular formula is C22H20ClN5O2S2. The Balaban J connectivity index is 1.36. The number of halogens is 1. The predicted molar refractivity (Wildman–Crippen MR) is 128 cm³/mol. The fraction of sp³-hybridized carbons (Fsp3) is 0.182. The average molecular weight is 486 g/mol. The van der Waals surface area contributed by atoms with E-state index in [0.29, 0.717) is 34.8 Å². The van der Waals surface area contributed by atoms with Crippen LogP contribution in [0.25, 0.3) is 11.6 Å². The number of nitrogens with zero attached hydrogens (tertiary/aromatic N) is 4. The van der Waals surface area contributed by atoms with E-state index in [-0.39, 0.29) is 11.7 Å². The first-order valence-corrected chi connectivity index (χ1v) is 11.9. The quantitative estimate of drug-likeness (QED) is 0.250. The van der Waals surface area contributed by atoms with Gasteiger partial charge >= 0.3 is 0 Å². The number of hydrogen-bond acceptors (Lipinski definition) is 7. The molecule has 0 aliphatic rings. The largest absolute Gasteiger partial charge is 0.461 e. The summed E-state index contributed by atoms with van der Waals surface area (Å²) in [6.45, 7) is 6.26. The molecule has 0 bridgehead atoms. The molecule has 32 heavy (non-hydrogen) atoms. The van der Waals surface area contributed by atoms with E-state index in [9.17, 15) is 4.79 Å². The minimum Gasteiger partial charge on any atom is -0.461 e. The number of carbonyl (C=O) groups is 1. The van der Waals surface area contributed by atoms with E-state index in [1.807, 2.05) is 35.8 Å². The lowest BCUT2D eigenvalue weighted by Gasteiger charge is -2.06. The zero-order valence-corrected chi connectivity index (χ0v) is 19.6. The number of furan rings is 1. The first kappa shape index (κ1) is 22.3. The summed E-state index contributed by atoms with van der Waals surface area (Å²) in [5, 5.41) is 13.2. The summed E-state index contributed by atoms with van der Waals surface area (Å²) in [5.41, 5.74) is 2.15. The van der Waals surface area contributed by atoms with Crippen LogP contribution in [0.15, 0.2) is 65.0 Å². The van der Waals surface area contributed by atoms with E-state index >= 15 is 0 Å². The van der Waals surface area contributed by atoms with E-state index in [1.165, 1.54) is 23.1 Å². The van der Waals surface area contributed by atoms with Crippen LogP contribution < -0.4 is 5.32 Å². The lowest BCUT2D eigenvalue weighted by Crippen LogP contribution is -2.14. The third kappa shape index (κ3) is 5.29. The predicted octanol–water partition coefficient (Wildman–Crippen LogP) is 5.46. The summed E-state index contributed by atoms with van der Waals surface area (Å²) < 4.78 is 7.28. The summed E-state index contributed by atoms with van der Waals surface area (Å²) in [4.78, 5) is 17.8. The number of anilines is 1. The van der Waals surface area contributed by atoms with Gasteiger partial charge in [-0.15, -0.1) is 28.1 Å². The van der Waals surface area contributed by atoms with Crippen molar-refractivity contribution < 1.29 is 9.21 Å². The van der Waals surface area contributed by atoms with Gasteiger partial charge in [0, 0.05) is 29.1 Å². The van der Waals surface area contributed by atoms with Gasteiger partial charge in [0.1, 0.15) is 0 Å². The zero-order valence-electron chi connectivity index (χ0n) is 17.2. The number of aryl methyl sites for hydroxylation is 1. The number of amides is 1. The van der Waals surface area contributed by atoms with Crippen molar-refractivity contribution in [3.05, 3.63) is 76.5 Å². The molecule has 4 aromatic rings. The van der Waals surface area contributed by atoms with Crippen LogP contribution in [-0.2, 0) is 17.8 Å². The van der Waals surface area contributed by atoms with Crippen LogP contribution in [0.3, 0.4) is 0 Å². The van der Waals surface area contributed by atoms with Crippen molar-refractivity contribution in [3.63, 3.8) is 0 Å². The number of aromatic nitrogens is 4. The smallest absolute Gasteiger partial charge is 0.236 e. The summed E-state index contributed by atoms with van der Waals surface area (Å²) in [7, 11) is 0. The van der Waals surface area contributed by atoms with E-state index in [1.54, 1.807) is 24.6 Å². The SMILES string of the molecule is C=CCn1c(SCC(=O)Nc2ncc(Cc3ccc(C)c(Cl)c3)s2)nnc1-c1ccco1. The molecular weight excluding hydrogens is 466 g/mol. The van der Waals surface area contributed by atoms with Gasteiger partial charge < -0.3 is 9.73 Å². The van der Waals surface area contributed by atoms with Crippen molar-refractivity contribution in [1.29, 1.82) is 0 Å². The van der Waals surface area contributed by atoms with Crippen molar-refractivity contribution in [2.45, 2.75) is 25.0 Å². The van der Waals surface area contributed by atoms with Gasteiger partial charge in [-0.3, -0.25) is 9.36 Å². The minimum absolute atomic E-state index is 0.165. The van der Waals surface area contributed by atoms with Crippen molar-refractivity contribution in [3.8, 4) is 11.6 Å². The molecule has 0 saturated heterocycles. The highest BCUT2D eigenvalue weighted by atomic mass is 35.5. The van der Waals surface area contributed by atoms with E-state index < -0.39 is 0 Å². The maximum atomic E-state index is 12.5. The zero-order chi connectivity index (χ0) is 22.5. The van der Waals surface area contributed by atoms with Gasteiger partial charge in [-0.05, 0) is 36.2 Å². The molecule has 0 unspecified atom stereocenters. The molecule has 0 spiro atoms. The number of rotatable bonds is 9. The van der Waals surface area contributed by atoms with Crippen LogP contribution in [0.2, 0.25) is 5.02 Å². The first-order chi connectivity index (χ1) is 15.5. The molecule has 0 aliphatic heterocycles. The second kappa shape index (κ2) is 10.2. The highest BCUT2D eigenvalue weighted by molar-refractivity contribution is 7.99. The molecule has 3 aromatic heterocycles. The number of hydrogen-bond donors (Lipinski definition) is 1. The lowest BCUT2D eigenvalue weighted by atomic mass is 10.1. The minimum atomic E-state index is -0.165. The van der Waals surface area contributed by atoms with E-state index in [4.69, 9.17) is 16.0 Å². The molecule has 0 saturated carbocycles. The Morgan fingerprint density at radius 2 is 2.25 bits per heavy atom. The number of allylic oxidation sites excluding steroid dienone is 1. The highest BCUT2D eigenvalue weighted by Gasteiger charge is 2.17. The van der Waals surface area contributed by atoms with Gasteiger partial charge in [-0.25, -0.2) is 4.98 Å². The second-order valence-corrected chi connectivity index (χ2v) is 9.38. The normalized spacial score (nSPS) is 10.9. The van der Waals surface area contributed by atoms with Gasteiger partial charge in [0.25, 0.3) is 0 Å². The monoisotopic (exact) mass is 485 g/mol. The van der Waals surface area contributed by atoms with Gasteiger partial charge in [0.15, 0.2) is 16.0 Å². The summed E-state index contributed by atoms with van der Waals surface area (Å²) >= 11 is 8.95. The van der Waals surface area contributed by atoms with Crippen LogP contribution >= 0.6 is 34.7 Å². The Bertz CT molecular complexity index is 1230. The van der Waals surface area contributed by atoms with Crippen LogP contribution in [0, 0.1) is 6.92 Å². The molecule has 0 radical (unpaired) electrons. The number of benzene rings is 1. The van der Waals surface area contributed by atoms with Crippen LogP contribution in [0.1, 0.15) is 16.0 Å². The fourth-order valence-electron chi connectivity index (χ4n) is 2.96. The third-order valence-electron chi connectivity index (χ3n) is 4.52. The molecule has 0 atom stereocenters. The third-order valence-corrected chi connectivity index (χ3v) is 6.80. The maximum absolute atomic E-state index is 12.5. The number of thioether (sulfide) groups is 1. The Morgan fingerprint density at radius 1 is 1.38 bits per heavy atom. The molecule has 1 amide bonds. The Morgan fingerprint density at radius 3 is 3.00 bits per heavy atom. The molecule has 1 aromatic carbocycles. The number of carbonyl (C=O) groups excluding carboxylic acids is 1. The summed E-state index contributed by atoms with van der Waals surface area (Å²) in [6, 6.07) is 9.61. The van der Waals surface area contributed by atoms with Crippen molar-refractivity contribution in [2.24, 2.45) is 0 Å². The Kier molecular flexibility index (Phi) is 7.09. The van der Waals surface area contributed by atoms with Crippen molar-refractivity contribution in [2.75, 3.05) is 11.1 Å². The molecule has 10 heteroatoms. The number of nitrogens with one attached hydrogen (secondary N) is 1. The summed E-state index contributed by atoms with van der Waals surface area (Å²) in [6.07, 6.45) is 5.82. The Labute approximate surface area is 198 Å². The molecule has 1 N–H and O–H groups in total. The molecule has 4 rings (SSSR count). The lowest BCUT2D eigenvalue weighted by molar-refractivity contribution is -0.113. The van der Waals surface area contributed by atoms with Crippen LogP contribution in [0.5, 0.6) is 0 Å². The molecule has 7 nitrogen and oxygen atoms in total. The Hall–Kier alpha value is -2.88. The van der Waals surface area contributed by atoms with E-state index in [0.717, 1.165) is 21.0 Å². The second-order valence-electron chi connectivity index (χ2n) is 6.91. The van der Waals surface area contributed by atoms with Gasteiger partial charge in [0.2, 0.25) is 11.7 Å². The van der Waals surface area contributed by atoms with Gasteiger partial charge in [-0.1, -0.05) is 41.6 Å². The topological polar surface area (TPSA) is 85.8 Å². The molecule has 164 valence electrons. The van der Waals surface area contributed by atoms with Crippen molar-refractivity contribution >= 4 is 45.7 Å². The van der Waals surface area contributed by atoms with Gasteiger partial charge in [0.05, 0.1) is 12.0 Å². The van der Waals surface area contributed by atoms with Crippen molar-refractivity contribution in [1.82, 2.24) is 19.7 Å². The summed E-state index contributed by atoms with van der Waals surface area (Å²) in [5.74, 6) is 1.22. The standard InChI is InChI=1S/C22H20ClN5O2S2/c1-3-8-28-20(18-5-4-9-30-18)26-27-22(28)31-13-19(29)25-21-24-12-16(32-21)10-15-7-6-14(2)17(23)11-15/h3-7,9,11-12H,1,8,10,13H2,2H3,(H,24,25,29). The average Bonchev–Trinajstić information content (AvgIpc) is 3.51. The van der Waals surface area contributed by atoms with Gasteiger partial charge in [-0.2, -0.15) is 0 Å². The fourth-order valence-corrected chi connectivity index (χ4v) is 4.77. The molecule has 0 fully saturated rings. The van der Waals surface area contributed by atoms with Crippen LogP contribution in [-0.4, -0.2) is 31.4 Å². The highest BCUT2D eigenvalue weighted by Crippen LogP contribution is 2.26. The molecule has 0 aliphatic carbocycles. The maximum Gasteiger partial charge on any atom is 0.236 e.